The summed E-state index contributed by atoms with van der Waals surface area (Å²) in [6, 6.07) is 0.158. The molecule has 1 N–H and O–H groups in total. The molecule has 0 radical (unpaired) electrons. The van der Waals surface area contributed by atoms with Crippen LogP contribution in [0.1, 0.15) is 90.9 Å². The molecule has 0 bridgehead atoms. The van der Waals surface area contributed by atoms with Gasteiger partial charge in [0, 0.05) is 18.9 Å². The molecular weight excluding hydrogens is 246 g/mol. The zero-order chi connectivity index (χ0) is 15.1. The van der Waals surface area contributed by atoms with Gasteiger partial charge in [-0.3, -0.25) is 4.79 Å². The van der Waals surface area contributed by atoms with Gasteiger partial charge in [0.25, 0.3) is 0 Å². The molecule has 0 saturated carbocycles. The van der Waals surface area contributed by atoms with Gasteiger partial charge in [-0.15, -0.1) is 12.3 Å². The number of carbonyl (C=O) groups excluding carboxylic acids is 1. The molecule has 1 unspecified atom stereocenters. The third-order valence-corrected chi connectivity index (χ3v) is 3.73. The van der Waals surface area contributed by atoms with Crippen molar-refractivity contribution in [2.24, 2.45) is 0 Å². The van der Waals surface area contributed by atoms with Gasteiger partial charge in [0.1, 0.15) is 0 Å². The lowest BCUT2D eigenvalue weighted by Gasteiger charge is -2.13. The Morgan fingerprint density at radius 2 is 1.55 bits per heavy atom. The molecule has 2 nitrogen and oxygen atoms in total. The van der Waals surface area contributed by atoms with Crippen molar-refractivity contribution in [2.45, 2.75) is 96.9 Å². The Morgan fingerprint density at radius 3 is 2.05 bits per heavy atom. The maximum absolute atomic E-state index is 11.7. The number of hydrogen-bond donors (Lipinski definition) is 1. The molecule has 1 amide bonds. The molecule has 116 valence electrons. The lowest BCUT2D eigenvalue weighted by Crippen LogP contribution is -2.33. The van der Waals surface area contributed by atoms with Crippen LogP contribution in [-0.4, -0.2) is 11.9 Å². The van der Waals surface area contributed by atoms with Crippen molar-refractivity contribution in [1.29, 1.82) is 0 Å². The fourth-order valence-corrected chi connectivity index (χ4v) is 2.34. The smallest absolute Gasteiger partial charge is 0.220 e. The first-order valence-electron chi connectivity index (χ1n) is 8.47. The molecule has 0 aromatic carbocycles. The van der Waals surface area contributed by atoms with Crippen LogP contribution in [0.5, 0.6) is 0 Å². The summed E-state index contributed by atoms with van der Waals surface area (Å²) in [5.74, 6) is 2.78. The molecule has 0 aliphatic carbocycles. The number of hydrogen-bond acceptors (Lipinski definition) is 1. The van der Waals surface area contributed by atoms with Gasteiger partial charge in [0.2, 0.25) is 5.91 Å². The minimum atomic E-state index is 0.158. The fourth-order valence-electron chi connectivity index (χ4n) is 2.34. The fraction of sp³-hybridized carbons (Fsp3) is 0.833. The van der Waals surface area contributed by atoms with Crippen molar-refractivity contribution in [3.8, 4) is 12.3 Å². The molecule has 0 spiro atoms. The molecule has 0 aliphatic rings. The van der Waals surface area contributed by atoms with Gasteiger partial charge in [0.15, 0.2) is 0 Å². The molecule has 20 heavy (non-hydrogen) atoms. The largest absolute Gasteiger partial charge is 0.352 e. The average molecular weight is 279 g/mol. The van der Waals surface area contributed by atoms with Crippen LogP contribution >= 0.6 is 0 Å². The van der Waals surface area contributed by atoms with E-state index in [0.29, 0.717) is 12.8 Å². The second-order valence-corrected chi connectivity index (χ2v) is 5.66. The van der Waals surface area contributed by atoms with Crippen LogP contribution in [0.2, 0.25) is 0 Å². The summed E-state index contributed by atoms with van der Waals surface area (Å²) in [6.07, 6.45) is 19.0. The molecule has 2 heteroatoms. The topological polar surface area (TPSA) is 29.1 Å². The third kappa shape index (κ3) is 12.1. The molecule has 0 heterocycles. The monoisotopic (exact) mass is 279 g/mol. The minimum absolute atomic E-state index is 0.158. The number of carbonyl (C=O) groups is 1. The van der Waals surface area contributed by atoms with E-state index in [1.807, 2.05) is 0 Å². The Bertz CT molecular complexity index is 267. The van der Waals surface area contributed by atoms with Crippen LogP contribution in [0.3, 0.4) is 0 Å². The van der Waals surface area contributed by atoms with Crippen molar-refractivity contribution < 1.29 is 4.79 Å². The molecule has 0 saturated heterocycles. The molecule has 1 atom stereocenters. The van der Waals surface area contributed by atoms with Crippen LogP contribution in [0.15, 0.2) is 0 Å². The van der Waals surface area contributed by atoms with Gasteiger partial charge >= 0.3 is 0 Å². The van der Waals surface area contributed by atoms with E-state index in [9.17, 15) is 4.79 Å². The molecule has 0 rings (SSSR count). The predicted octanol–water partition coefficient (Wildman–Crippen LogP) is 4.83. The highest BCUT2D eigenvalue weighted by Crippen LogP contribution is 2.10. The van der Waals surface area contributed by atoms with E-state index in [4.69, 9.17) is 6.42 Å². The van der Waals surface area contributed by atoms with E-state index in [2.05, 4.69) is 25.1 Å². The Morgan fingerprint density at radius 1 is 1.00 bits per heavy atom. The highest BCUT2D eigenvalue weighted by molar-refractivity contribution is 5.76. The van der Waals surface area contributed by atoms with Crippen LogP contribution < -0.4 is 5.32 Å². The lowest BCUT2D eigenvalue weighted by atomic mass is 10.1. The first-order valence-corrected chi connectivity index (χ1v) is 8.47. The number of unbranched alkanes of at least 4 members (excludes halogenated alkanes) is 8. The second-order valence-electron chi connectivity index (χ2n) is 5.66. The molecule has 0 aromatic heterocycles. The Kier molecular flexibility index (Phi) is 13.7. The van der Waals surface area contributed by atoms with Crippen molar-refractivity contribution >= 4 is 5.91 Å². The second kappa shape index (κ2) is 14.4. The first kappa shape index (κ1) is 19.0. The van der Waals surface area contributed by atoms with Crippen molar-refractivity contribution in [3.05, 3.63) is 0 Å². The summed E-state index contributed by atoms with van der Waals surface area (Å²) in [7, 11) is 0. The normalized spacial score (nSPS) is 11.8. The highest BCUT2D eigenvalue weighted by Gasteiger charge is 2.08. The summed E-state index contributed by atoms with van der Waals surface area (Å²) < 4.78 is 0. The summed E-state index contributed by atoms with van der Waals surface area (Å²) in [4.78, 5) is 11.7. The van der Waals surface area contributed by atoms with Crippen LogP contribution in [0.4, 0.5) is 0 Å². The van der Waals surface area contributed by atoms with Crippen LogP contribution in [-0.2, 0) is 4.79 Å². The Balaban J connectivity index is 3.37. The maximum Gasteiger partial charge on any atom is 0.220 e. The van der Waals surface area contributed by atoms with E-state index < -0.39 is 0 Å². The number of amides is 1. The Labute approximate surface area is 126 Å². The molecule has 0 aliphatic heterocycles. The van der Waals surface area contributed by atoms with Gasteiger partial charge in [0.05, 0.1) is 0 Å². The molecular formula is C18H33NO. The van der Waals surface area contributed by atoms with Gasteiger partial charge < -0.3 is 5.32 Å². The van der Waals surface area contributed by atoms with Crippen molar-refractivity contribution in [1.82, 2.24) is 5.32 Å². The number of terminal acetylenes is 1. The summed E-state index contributed by atoms with van der Waals surface area (Å²) in [5.41, 5.74) is 0. The molecule has 0 fully saturated rings. The zero-order valence-corrected chi connectivity index (χ0v) is 13.5. The van der Waals surface area contributed by atoms with Crippen molar-refractivity contribution in [3.63, 3.8) is 0 Å². The Hall–Kier alpha value is -0.970. The summed E-state index contributed by atoms with van der Waals surface area (Å²) >= 11 is 0. The quantitative estimate of drug-likeness (QED) is 0.380. The van der Waals surface area contributed by atoms with E-state index >= 15 is 0 Å². The maximum atomic E-state index is 11.7. The summed E-state index contributed by atoms with van der Waals surface area (Å²) in [6.45, 7) is 4.30. The van der Waals surface area contributed by atoms with Gasteiger partial charge in [-0.1, -0.05) is 65.2 Å². The standard InChI is InChI=1S/C18H33NO/c1-4-7-8-9-10-11-12-13-14-16-18(20)19-17(6-3)15-5-2/h2,17H,4,6-16H2,1,3H3,(H,19,20). The minimum Gasteiger partial charge on any atom is -0.352 e. The first-order chi connectivity index (χ1) is 9.74. The third-order valence-electron chi connectivity index (χ3n) is 3.73. The van der Waals surface area contributed by atoms with Crippen molar-refractivity contribution in [2.75, 3.05) is 0 Å². The van der Waals surface area contributed by atoms with Crippen LogP contribution in [0.25, 0.3) is 0 Å². The van der Waals surface area contributed by atoms with Gasteiger partial charge in [-0.05, 0) is 12.8 Å². The highest BCUT2D eigenvalue weighted by atomic mass is 16.1. The van der Waals surface area contributed by atoms with Gasteiger partial charge in [-0.25, -0.2) is 0 Å². The predicted molar refractivity (Wildman–Crippen MR) is 87.5 cm³/mol. The average Bonchev–Trinajstić information content (AvgIpc) is 2.45. The van der Waals surface area contributed by atoms with Crippen LogP contribution in [0, 0.1) is 12.3 Å². The van der Waals surface area contributed by atoms with Gasteiger partial charge in [-0.2, -0.15) is 0 Å². The van der Waals surface area contributed by atoms with E-state index in [1.54, 1.807) is 0 Å². The number of rotatable bonds is 13. The van der Waals surface area contributed by atoms with E-state index in [-0.39, 0.29) is 11.9 Å². The van der Waals surface area contributed by atoms with E-state index in [0.717, 1.165) is 12.8 Å². The zero-order valence-electron chi connectivity index (χ0n) is 13.5. The SMILES string of the molecule is C#CCC(CC)NC(=O)CCCCCCCCCCC. The summed E-state index contributed by atoms with van der Waals surface area (Å²) in [5, 5.41) is 3.01. The lowest BCUT2D eigenvalue weighted by molar-refractivity contribution is -0.121. The number of nitrogens with one attached hydrogen (secondary N) is 1. The van der Waals surface area contributed by atoms with E-state index in [1.165, 1.54) is 51.4 Å². The molecule has 0 aromatic rings.